The van der Waals surface area contributed by atoms with Crippen LogP contribution in [-0.4, -0.2) is 95.8 Å². The maximum Gasteiger partial charge on any atom is 0.313 e. The average molecular weight is 716 g/mol. The molecule has 52 heavy (non-hydrogen) atoms. The van der Waals surface area contributed by atoms with E-state index >= 15 is 0 Å². The molecule has 0 radical (unpaired) electrons. The van der Waals surface area contributed by atoms with Crippen LogP contribution in [0.1, 0.15) is 75.1 Å². The van der Waals surface area contributed by atoms with Crippen LogP contribution in [0.4, 0.5) is 0 Å². The number of nitrogens with one attached hydrogen (secondary N) is 1. The Morgan fingerprint density at radius 3 is 2.38 bits per heavy atom. The Bertz CT molecular complexity index is 1550. The summed E-state index contributed by atoms with van der Waals surface area (Å²) in [6.07, 6.45) is 5.93. The van der Waals surface area contributed by atoms with Crippen molar-refractivity contribution in [3.05, 3.63) is 97.1 Å². The number of amides is 3. The number of hydrogen-bond donors (Lipinski definition) is 2. The number of hydrogen-bond acceptors (Lipinski definition) is 8. The van der Waals surface area contributed by atoms with Gasteiger partial charge in [-0.05, 0) is 36.8 Å². The van der Waals surface area contributed by atoms with Gasteiger partial charge in [0.15, 0.2) is 0 Å². The van der Waals surface area contributed by atoms with Crippen molar-refractivity contribution in [1.29, 1.82) is 0 Å². The molecule has 5 rings (SSSR count). The molecular formula is C41H53N3O8. The van der Waals surface area contributed by atoms with Crippen LogP contribution < -0.4 is 5.32 Å². The smallest absolute Gasteiger partial charge is 0.313 e. The van der Waals surface area contributed by atoms with E-state index in [1.807, 2.05) is 60.7 Å². The molecule has 3 aliphatic heterocycles. The maximum atomic E-state index is 14.9. The second-order valence-electron chi connectivity index (χ2n) is 13.9. The lowest BCUT2D eigenvalue weighted by molar-refractivity contribution is -0.163. The standard InChI is InChI=1S/C41H53N3O8/c1-5-8-16-25-43(24-7-3)39(48)37-41-23-22-32(52-41)34(35(41)38(47)44(37)31(26-45)28-17-12-10-13-18-28)40(49)51-36(29-19-14-11-15-20-29)30(27-50-4)42-33(46)21-9-6-2/h6-7,10-15,17-20,30-32,34-37,45H,2-3,5,8-9,16,21-27H2,1,4H3,(H,42,46)/t30-,31+,32+,34-,35-,36-,37+,41-/m0/s1. The number of unbranched alkanes of at least 4 members (excludes halogenated alkanes) is 2. The molecule has 11 nitrogen and oxygen atoms in total. The van der Waals surface area contributed by atoms with E-state index in [0.717, 1.165) is 19.3 Å². The second-order valence-corrected chi connectivity index (χ2v) is 13.9. The molecule has 11 heteroatoms. The number of rotatable bonds is 20. The van der Waals surface area contributed by atoms with E-state index in [-0.39, 0.29) is 31.4 Å². The molecule has 3 saturated heterocycles. The Kier molecular flexibility index (Phi) is 13.4. The minimum absolute atomic E-state index is 0.0559. The monoisotopic (exact) mass is 715 g/mol. The zero-order valence-corrected chi connectivity index (χ0v) is 30.4. The number of likely N-dealkylation sites (tertiary alicyclic amines) is 1. The number of esters is 1. The molecule has 1 spiro atoms. The topological polar surface area (TPSA) is 135 Å². The van der Waals surface area contributed by atoms with E-state index in [1.54, 1.807) is 17.1 Å². The number of aliphatic hydroxyl groups is 1. The zero-order valence-electron chi connectivity index (χ0n) is 30.4. The Balaban J connectivity index is 1.53. The highest BCUT2D eigenvalue weighted by atomic mass is 16.6. The van der Waals surface area contributed by atoms with E-state index < -0.39 is 66.3 Å². The number of allylic oxidation sites excluding steroid dienone is 1. The van der Waals surface area contributed by atoms with Gasteiger partial charge >= 0.3 is 5.97 Å². The number of benzene rings is 2. The minimum atomic E-state index is -1.30. The molecule has 3 fully saturated rings. The lowest BCUT2D eigenvalue weighted by Crippen LogP contribution is -2.57. The Morgan fingerprint density at radius 1 is 1.08 bits per heavy atom. The second kappa shape index (κ2) is 17.9. The van der Waals surface area contributed by atoms with Crippen molar-refractivity contribution in [3.63, 3.8) is 0 Å². The van der Waals surface area contributed by atoms with Crippen molar-refractivity contribution in [2.75, 3.05) is 33.4 Å². The van der Waals surface area contributed by atoms with E-state index in [2.05, 4.69) is 25.4 Å². The normalized spacial score (nSPS) is 24.8. The summed E-state index contributed by atoms with van der Waals surface area (Å²) in [5.74, 6) is -3.66. The van der Waals surface area contributed by atoms with E-state index in [9.17, 15) is 24.3 Å². The van der Waals surface area contributed by atoms with Gasteiger partial charge in [0.1, 0.15) is 17.7 Å². The summed E-state index contributed by atoms with van der Waals surface area (Å²) in [4.78, 5) is 60.4. The maximum absolute atomic E-state index is 14.9. The van der Waals surface area contributed by atoms with Crippen molar-refractivity contribution >= 4 is 23.7 Å². The molecule has 0 aliphatic carbocycles. The molecule has 0 unspecified atom stereocenters. The lowest BCUT2D eigenvalue weighted by Gasteiger charge is -2.39. The molecule has 2 bridgehead atoms. The van der Waals surface area contributed by atoms with E-state index in [0.29, 0.717) is 36.9 Å². The fourth-order valence-electron chi connectivity index (χ4n) is 8.30. The fraction of sp³-hybridized carbons (Fsp3) is 0.512. The number of fused-ring (bicyclic) bond motifs is 1. The zero-order chi connectivity index (χ0) is 37.3. The van der Waals surface area contributed by atoms with Gasteiger partial charge in [0.25, 0.3) is 0 Å². The third kappa shape index (κ3) is 7.86. The van der Waals surface area contributed by atoms with Gasteiger partial charge in [-0.3, -0.25) is 19.2 Å². The third-order valence-corrected chi connectivity index (χ3v) is 10.6. The molecule has 2 aromatic carbocycles. The van der Waals surface area contributed by atoms with Gasteiger partial charge in [-0.15, -0.1) is 13.2 Å². The van der Waals surface area contributed by atoms with Gasteiger partial charge in [-0.1, -0.05) is 92.6 Å². The lowest BCUT2D eigenvalue weighted by atomic mass is 9.70. The van der Waals surface area contributed by atoms with Crippen LogP contribution in [0.25, 0.3) is 0 Å². The van der Waals surface area contributed by atoms with Crippen molar-refractivity contribution in [3.8, 4) is 0 Å². The van der Waals surface area contributed by atoms with Crippen molar-refractivity contribution in [1.82, 2.24) is 15.1 Å². The van der Waals surface area contributed by atoms with Crippen LogP contribution in [-0.2, 0) is 33.4 Å². The van der Waals surface area contributed by atoms with Gasteiger partial charge < -0.3 is 34.4 Å². The summed E-state index contributed by atoms with van der Waals surface area (Å²) >= 11 is 0. The van der Waals surface area contributed by atoms with Crippen LogP contribution in [0.2, 0.25) is 0 Å². The number of ether oxygens (including phenoxy) is 3. The van der Waals surface area contributed by atoms with Crippen molar-refractivity contribution in [2.45, 2.75) is 87.8 Å². The summed E-state index contributed by atoms with van der Waals surface area (Å²) < 4.78 is 18.5. The van der Waals surface area contributed by atoms with E-state index in [1.165, 1.54) is 12.0 Å². The fourth-order valence-corrected chi connectivity index (χ4v) is 8.30. The number of aliphatic hydroxyl groups excluding tert-OH is 1. The Labute approximate surface area is 307 Å². The first-order valence-corrected chi connectivity index (χ1v) is 18.5. The van der Waals surface area contributed by atoms with Crippen LogP contribution in [0, 0.1) is 11.8 Å². The van der Waals surface area contributed by atoms with Crippen molar-refractivity contribution < 1.29 is 38.5 Å². The minimum Gasteiger partial charge on any atom is -0.455 e. The summed E-state index contributed by atoms with van der Waals surface area (Å²) in [6.45, 7) is 10.0. The number of methoxy groups -OCH3 is 1. The molecule has 0 saturated carbocycles. The Hall–Kier alpha value is -4.32. The molecular weight excluding hydrogens is 662 g/mol. The average Bonchev–Trinajstić information content (AvgIpc) is 3.81. The van der Waals surface area contributed by atoms with Gasteiger partial charge in [0.2, 0.25) is 17.7 Å². The molecule has 3 amide bonds. The Morgan fingerprint density at radius 2 is 1.77 bits per heavy atom. The van der Waals surface area contributed by atoms with Gasteiger partial charge in [-0.25, -0.2) is 0 Å². The first-order chi connectivity index (χ1) is 25.3. The first-order valence-electron chi connectivity index (χ1n) is 18.5. The molecule has 280 valence electrons. The van der Waals surface area contributed by atoms with E-state index in [4.69, 9.17) is 14.2 Å². The number of nitrogens with zero attached hydrogens (tertiary/aromatic N) is 2. The highest BCUT2D eigenvalue weighted by Crippen LogP contribution is 2.60. The summed E-state index contributed by atoms with van der Waals surface area (Å²) in [7, 11) is 1.51. The van der Waals surface area contributed by atoms with Crippen LogP contribution >= 0.6 is 0 Å². The highest BCUT2D eigenvalue weighted by molar-refractivity contribution is 5.98. The van der Waals surface area contributed by atoms with Crippen LogP contribution in [0.5, 0.6) is 0 Å². The largest absolute Gasteiger partial charge is 0.455 e. The third-order valence-electron chi connectivity index (χ3n) is 10.6. The van der Waals surface area contributed by atoms with Crippen molar-refractivity contribution in [2.24, 2.45) is 11.8 Å². The molecule has 3 heterocycles. The highest BCUT2D eigenvalue weighted by Gasteiger charge is 2.76. The predicted octanol–water partition coefficient (Wildman–Crippen LogP) is 4.68. The summed E-state index contributed by atoms with van der Waals surface area (Å²) in [5, 5.41) is 13.8. The van der Waals surface area contributed by atoms with Crippen LogP contribution in [0.15, 0.2) is 86.0 Å². The molecule has 2 aromatic rings. The van der Waals surface area contributed by atoms with Gasteiger partial charge in [0, 0.05) is 26.6 Å². The molecule has 8 atom stereocenters. The summed E-state index contributed by atoms with van der Waals surface area (Å²) in [5.41, 5.74) is 0.00742. The quantitative estimate of drug-likeness (QED) is 0.115. The molecule has 2 N–H and O–H groups in total. The number of carbonyl (C=O) groups is 4. The van der Waals surface area contributed by atoms with Gasteiger partial charge in [0.05, 0.1) is 43.2 Å². The molecule has 3 aliphatic rings. The molecule has 0 aromatic heterocycles. The van der Waals surface area contributed by atoms with Gasteiger partial charge in [-0.2, -0.15) is 0 Å². The summed E-state index contributed by atoms with van der Waals surface area (Å²) in [6, 6.07) is 15.6. The predicted molar refractivity (Wildman–Crippen MR) is 196 cm³/mol. The SMILES string of the molecule is C=CCCC(=O)N[C@@H](COC)[C@@H](OC(=O)[C@@H]1[C@H]2C(=O)N([C@H](CO)c3ccccc3)[C@H](C(=O)N(CC=C)CCCCC)[C@]23CC[C@H]1O3)c1ccccc1. The van der Waals surface area contributed by atoms with Crippen LogP contribution in [0.3, 0.4) is 0 Å². The first kappa shape index (κ1) is 38.9. The number of carbonyl (C=O) groups excluding carboxylic acids is 4.